The zero-order chi connectivity index (χ0) is 43.8. The SMILES string of the molecule is c1ccc(-c2ccc(N(c3ccc(-c4ccccc4)cc3)c3cc4c(cc3-c3cccc5c3N(c3ccccc3)CCN5c3ccccc3)c3ccccc3n4-c3ccccc3)cc2)cc1. The van der Waals surface area contributed by atoms with E-state index in [9.17, 15) is 0 Å². The third kappa shape index (κ3) is 6.97. The topological polar surface area (TPSA) is 14.7 Å². The van der Waals surface area contributed by atoms with Gasteiger partial charge in [-0.05, 0) is 107 Å². The second kappa shape index (κ2) is 16.8. The molecule has 0 spiro atoms. The minimum atomic E-state index is 0.819. The maximum atomic E-state index is 2.53. The fourth-order valence-electron chi connectivity index (χ4n) is 9.98. The first-order valence-corrected chi connectivity index (χ1v) is 22.8. The molecule has 0 N–H and O–H groups in total. The van der Waals surface area contributed by atoms with Gasteiger partial charge in [0.25, 0.3) is 0 Å². The van der Waals surface area contributed by atoms with Crippen LogP contribution in [0.4, 0.5) is 39.8 Å². The second-order valence-corrected chi connectivity index (χ2v) is 16.9. The number of hydrogen-bond donors (Lipinski definition) is 0. The lowest BCUT2D eigenvalue weighted by molar-refractivity contribution is 0.851. The van der Waals surface area contributed by atoms with Crippen LogP contribution in [-0.4, -0.2) is 17.7 Å². The maximum absolute atomic E-state index is 2.53. The van der Waals surface area contributed by atoms with Crippen molar-refractivity contribution in [2.75, 3.05) is 27.8 Å². The molecule has 0 atom stereocenters. The van der Waals surface area contributed by atoms with Crippen molar-refractivity contribution < 1.29 is 0 Å². The van der Waals surface area contributed by atoms with Gasteiger partial charge in [0.05, 0.1) is 28.1 Å². The Morgan fingerprint density at radius 2 is 0.788 bits per heavy atom. The van der Waals surface area contributed by atoms with Crippen molar-refractivity contribution in [1.29, 1.82) is 0 Å². The Bertz CT molecular complexity index is 3360. The molecule has 4 heteroatoms. The molecule has 10 aromatic carbocycles. The van der Waals surface area contributed by atoms with Crippen LogP contribution in [0.1, 0.15) is 0 Å². The number of hydrogen-bond acceptors (Lipinski definition) is 3. The lowest BCUT2D eigenvalue weighted by atomic mass is 9.94. The van der Waals surface area contributed by atoms with Crippen molar-refractivity contribution in [3.8, 4) is 39.1 Å². The molecular formula is C62H46N4. The van der Waals surface area contributed by atoms with Crippen LogP contribution in [0.2, 0.25) is 0 Å². The summed E-state index contributed by atoms with van der Waals surface area (Å²) in [5.41, 5.74) is 18.4. The summed E-state index contributed by atoms with van der Waals surface area (Å²) in [6.45, 7) is 1.67. The first-order valence-electron chi connectivity index (χ1n) is 22.8. The zero-order valence-electron chi connectivity index (χ0n) is 36.5. The molecule has 314 valence electrons. The van der Waals surface area contributed by atoms with E-state index in [2.05, 4.69) is 274 Å². The van der Waals surface area contributed by atoms with Crippen LogP contribution in [0.5, 0.6) is 0 Å². The van der Waals surface area contributed by atoms with Crippen LogP contribution in [0.3, 0.4) is 0 Å². The van der Waals surface area contributed by atoms with Gasteiger partial charge in [-0.25, -0.2) is 0 Å². The summed E-state index contributed by atoms with van der Waals surface area (Å²) in [4.78, 5) is 7.48. The van der Waals surface area contributed by atoms with Gasteiger partial charge >= 0.3 is 0 Å². The fourth-order valence-corrected chi connectivity index (χ4v) is 9.98. The van der Waals surface area contributed by atoms with Crippen LogP contribution < -0.4 is 14.7 Å². The number of anilines is 7. The van der Waals surface area contributed by atoms with Crippen molar-refractivity contribution in [3.05, 3.63) is 255 Å². The summed E-state index contributed by atoms with van der Waals surface area (Å²) >= 11 is 0. The number of aromatic nitrogens is 1. The third-order valence-electron chi connectivity index (χ3n) is 13.1. The minimum absolute atomic E-state index is 0.819. The average Bonchev–Trinajstić information content (AvgIpc) is 3.73. The van der Waals surface area contributed by atoms with Gasteiger partial charge in [0.1, 0.15) is 0 Å². The Labute approximate surface area is 386 Å². The van der Waals surface area contributed by atoms with Crippen molar-refractivity contribution >= 4 is 61.6 Å². The summed E-state index contributed by atoms with van der Waals surface area (Å²) in [5, 5.41) is 2.41. The lowest BCUT2D eigenvalue weighted by Gasteiger charge is -2.40. The molecule has 0 bridgehead atoms. The number of fused-ring (bicyclic) bond motifs is 4. The van der Waals surface area contributed by atoms with Crippen LogP contribution in [0, 0.1) is 0 Å². The van der Waals surface area contributed by atoms with Gasteiger partial charge in [-0.3, -0.25) is 0 Å². The molecule has 12 rings (SSSR count). The largest absolute Gasteiger partial charge is 0.338 e. The van der Waals surface area contributed by atoms with E-state index in [1.54, 1.807) is 0 Å². The molecule has 1 aromatic heterocycles. The molecule has 4 nitrogen and oxygen atoms in total. The van der Waals surface area contributed by atoms with Gasteiger partial charge in [0.2, 0.25) is 0 Å². The van der Waals surface area contributed by atoms with E-state index in [0.717, 1.165) is 52.5 Å². The predicted molar refractivity (Wildman–Crippen MR) is 279 cm³/mol. The summed E-state index contributed by atoms with van der Waals surface area (Å²) in [6.07, 6.45) is 0. The van der Waals surface area contributed by atoms with E-state index >= 15 is 0 Å². The first kappa shape index (κ1) is 39.0. The molecule has 0 fully saturated rings. The van der Waals surface area contributed by atoms with Gasteiger partial charge in [0, 0.05) is 63.4 Å². The smallest absolute Gasteiger partial charge is 0.0733 e. The average molecular weight is 847 g/mol. The number of rotatable bonds is 9. The standard InChI is InChI=1S/C62H46N4/c1-6-19-45(20-7-1)47-33-37-52(38-34-47)65(53-39-35-48(36-40-53)46-21-8-2-9-22-46)60-44-61-56(54-29-16-17-31-58(54)66(61)51-27-14-5-15-28-51)43-57(60)55-30-18-32-59-62(55)64(50-25-12-4-13-26-50)42-41-63(59)49-23-10-3-11-24-49/h1-40,43-44H,41-42H2. The van der Waals surface area contributed by atoms with Crippen LogP contribution in [0.25, 0.3) is 60.9 Å². The van der Waals surface area contributed by atoms with Crippen LogP contribution >= 0.6 is 0 Å². The second-order valence-electron chi connectivity index (χ2n) is 16.9. The Kier molecular flexibility index (Phi) is 9.95. The molecular weight excluding hydrogens is 801 g/mol. The molecule has 2 heterocycles. The molecule has 1 aliphatic heterocycles. The van der Waals surface area contributed by atoms with Crippen molar-refractivity contribution in [1.82, 2.24) is 4.57 Å². The summed E-state index contributed by atoms with van der Waals surface area (Å²) in [7, 11) is 0. The van der Waals surface area contributed by atoms with Gasteiger partial charge in [-0.15, -0.1) is 0 Å². The molecule has 66 heavy (non-hydrogen) atoms. The van der Waals surface area contributed by atoms with Crippen LogP contribution in [-0.2, 0) is 0 Å². The highest BCUT2D eigenvalue weighted by atomic mass is 15.3. The van der Waals surface area contributed by atoms with E-state index < -0.39 is 0 Å². The predicted octanol–water partition coefficient (Wildman–Crippen LogP) is 16.5. The highest BCUT2D eigenvalue weighted by Crippen LogP contribution is 2.52. The first-order chi connectivity index (χ1) is 32.8. The molecule has 0 radical (unpaired) electrons. The van der Waals surface area contributed by atoms with Gasteiger partial charge in [0.15, 0.2) is 0 Å². The Hall–Kier alpha value is -8.60. The molecule has 0 unspecified atom stereocenters. The van der Waals surface area contributed by atoms with Gasteiger partial charge in [-0.1, -0.05) is 170 Å². The van der Waals surface area contributed by atoms with Crippen molar-refractivity contribution in [2.24, 2.45) is 0 Å². The van der Waals surface area contributed by atoms with E-state index in [1.165, 1.54) is 61.3 Å². The summed E-state index contributed by atoms with van der Waals surface area (Å²) in [5.74, 6) is 0. The highest BCUT2D eigenvalue weighted by Gasteiger charge is 2.30. The summed E-state index contributed by atoms with van der Waals surface area (Å²) in [6, 6.07) is 92.6. The van der Waals surface area contributed by atoms with E-state index in [-0.39, 0.29) is 0 Å². The van der Waals surface area contributed by atoms with Crippen LogP contribution in [0.15, 0.2) is 255 Å². The van der Waals surface area contributed by atoms with Crippen molar-refractivity contribution in [2.45, 2.75) is 0 Å². The van der Waals surface area contributed by atoms with E-state index in [1.807, 2.05) is 0 Å². The Morgan fingerprint density at radius 3 is 1.36 bits per heavy atom. The third-order valence-corrected chi connectivity index (χ3v) is 13.1. The normalized spacial score (nSPS) is 12.4. The quantitative estimate of drug-likeness (QED) is 0.144. The Balaban J connectivity index is 1.17. The van der Waals surface area contributed by atoms with Gasteiger partial charge in [-0.2, -0.15) is 0 Å². The highest BCUT2D eigenvalue weighted by molar-refractivity contribution is 6.14. The molecule has 0 saturated heterocycles. The summed E-state index contributed by atoms with van der Waals surface area (Å²) < 4.78 is 2.43. The monoisotopic (exact) mass is 846 g/mol. The molecule has 0 aliphatic carbocycles. The Morgan fingerprint density at radius 1 is 0.318 bits per heavy atom. The molecule has 1 aliphatic rings. The minimum Gasteiger partial charge on any atom is -0.338 e. The number of benzene rings is 10. The fraction of sp³-hybridized carbons (Fsp3) is 0.0323. The van der Waals surface area contributed by atoms with E-state index in [0.29, 0.717) is 0 Å². The number of nitrogens with zero attached hydrogens (tertiary/aromatic N) is 4. The van der Waals surface area contributed by atoms with E-state index in [4.69, 9.17) is 0 Å². The molecule has 11 aromatic rings. The van der Waals surface area contributed by atoms with Crippen molar-refractivity contribution in [3.63, 3.8) is 0 Å². The zero-order valence-corrected chi connectivity index (χ0v) is 36.5. The number of para-hydroxylation sites is 5. The van der Waals surface area contributed by atoms with Gasteiger partial charge < -0.3 is 19.3 Å². The maximum Gasteiger partial charge on any atom is 0.0733 e. The lowest BCUT2D eigenvalue weighted by Crippen LogP contribution is -2.36. The molecule has 0 saturated carbocycles. The molecule has 0 amide bonds.